The fourth-order valence-corrected chi connectivity index (χ4v) is 2.78. The van der Waals surface area contributed by atoms with Crippen LogP contribution in [-0.4, -0.2) is 32.0 Å². The van der Waals surface area contributed by atoms with Gasteiger partial charge in [-0.2, -0.15) is 0 Å². The lowest BCUT2D eigenvalue weighted by Gasteiger charge is -2.19. The van der Waals surface area contributed by atoms with Gasteiger partial charge in [-0.05, 0) is 38.1 Å². The number of benzene rings is 1. The van der Waals surface area contributed by atoms with E-state index < -0.39 is 16.1 Å². The molecule has 0 spiro atoms. The molecule has 0 aromatic heterocycles. The van der Waals surface area contributed by atoms with Crippen LogP contribution in [0.3, 0.4) is 0 Å². The van der Waals surface area contributed by atoms with Gasteiger partial charge in [0.15, 0.2) is 0 Å². The normalized spacial score (nSPS) is 11.1. The van der Waals surface area contributed by atoms with Crippen molar-refractivity contribution in [2.24, 2.45) is 0 Å². The first-order valence-corrected chi connectivity index (χ1v) is 7.20. The third kappa shape index (κ3) is 3.14. The molecule has 0 bridgehead atoms. The zero-order chi connectivity index (χ0) is 13.8. The summed E-state index contributed by atoms with van der Waals surface area (Å²) >= 11 is 5.69. The lowest BCUT2D eigenvalue weighted by Crippen LogP contribution is -2.37. The van der Waals surface area contributed by atoms with E-state index in [9.17, 15) is 13.2 Å². The van der Waals surface area contributed by atoms with Gasteiger partial charge in [0.2, 0.25) is 0 Å². The van der Waals surface area contributed by atoms with Crippen molar-refractivity contribution in [3.8, 4) is 0 Å². The van der Waals surface area contributed by atoms with Gasteiger partial charge in [-0.1, -0.05) is 11.6 Å². The van der Waals surface area contributed by atoms with Crippen LogP contribution in [0.4, 0.5) is 4.79 Å². The molecule has 0 aliphatic heterocycles. The van der Waals surface area contributed by atoms with Crippen molar-refractivity contribution in [3.05, 3.63) is 29.3 Å². The van der Waals surface area contributed by atoms with Crippen molar-refractivity contribution in [1.82, 2.24) is 4.31 Å². The first-order valence-electron chi connectivity index (χ1n) is 5.38. The first-order chi connectivity index (χ1) is 8.43. The molecule has 0 radical (unpaired) electrons. The summed E-state index contributed by atoms with van der Waals surface area (Å²) in [7, 11) is -3.89. The Hall–Kier alpha value is -1.27. The molecule has 1 amide bonds. The number of halogens is 1. The monoisotopic (exact) mass is 291 g/mol. The highest BCUT2D eigenvalue weighted by molar-refractivity contribution is 7.89. The molecule has 100 valence electrons. The van der Waals surface area contributed by atoms with Gasteiger partial charge in [-0.25, -0.2) is 17.5 Å². The van der Waals surface area contributed by atoms with E-state index in [2.05, 4.69) is 0 Å². The maximum absolute atomic E-state index is 12.2. The van der Waals surface area contributed by atoms with E-state index in [-0.39, 0.29) is 18.0 Å². The fourth-order valence-electron chi connectivity index (χ4n) is 1.33. The number of sulfonamides is 1. The van der Waals surface area contributed by atoms with Gasteiger partial charge in [-0.15, -0.1) is 0 Å². The van der Waals surface area contributed by atoms with Gasteiger partial charge in [0.25, 0.3) is 10.0 Å². The average Bonchev–Trinajstić information content (AvgIpc) is 2.30. The highest BCUT2D eigenvalue weighted by Crippen LogP contribution is 2.19. The molecule has 0 atom stereocenters. The topological polar surface area (TPSA) is 63.7 Å². The van der Waals surface area contributed by atoms with E-state index in [1.807, 2.05) is 0 Å². The summed E-state index contributed by atoms with van der Waals surface area (Å²) in [6, 6.07) is 5.60. The summed E-state index contributed by atoms with van der Waals surface area (Å²) in [6.45, 7) is 3.29. The molecule has 18 heavy (non-hydrogen) atoms. The smallest absolute Gasteiger partial charge is 0.423 e. The summed E-state index contributed by atoms with van der Waals surface area (Å²) < 4.78 is 29.7. The van der Waals surface area contributed by atoms with E-state index in [0.717, 1.165) is 0 Å². The predicted octanol–water partition coefficient (Wildman–Crippen LogP) is 2.51. The Morgan fingerprint density at radius 3 is 2.28 bits per heavy atom. The van der Waals surface area contributed by atoms with E-state index in [1.165, 1.54) is 24.3 Å². The Morgan fingerprint density at radius 2 is 1.83 bits per heavy atom. The van der Waals surface area contributed by atoms with Gasteiger partial charge in [0.05, 0.1) is 11.5 Å². The van der Waals surface area contributed by atoms with Gasteiger partial charge < -0.3 is 4.74 Å². The van der Waals surface area contributed by atoms with Crippen LogP contribution in [-0.2, 0) is 14.8 Å². The van der Waals surface area contributed by atoms with E-state index in [4.69, 9.17) is 16.3 Å². The van der Waals surface area contributed by atoms with Crippen molar-refractivity contribution in [2.75, 3.05) is 13.2 Å². The number of carbonyl (C=O) groups is 1. The SMILES string of the molecule is CCOC(=O)N(CC)S(=O)(=O)c1ccc(Cl)cc1. The molecular formula is C11H14ClNO4S. The van der Waals surface area contributed by atoms with Gasteiger partial charge in [-0.3, -0.25) is 0 Å². The summed E-state index contributed by atoms with van der Waals surface area (Å²) in [5, 5.41) is 0.424. The number of carbonyl (C=O) groups excluding carboxylic acids is 1. The van der Waals surface area contributed by atoms with Crippen molar-refractivity contribution in [2.45, 2.75) is 18.7 Å². The van der Waals surface area contributed by atoms with Gasteiger partial charge >= 0.3 is 6.09 Å². The Morgan fingerprint density at radius 1 is 1.28 bits per heavy atom. The average molecular weight is 292 g/mol. The minimum absolute atomic E-state index is 0.00167. The van der Waals surface area contributed by atoms with Crippen LogP contribution >= 0.6 is 11.6 Å². The zero-order valence-corrected chi connectivity index (χ0v) is 11.7. The Bertz CT molecular complexity index is 512. The predicted molar refractivity (Wildman–Crippen MR) is 68.0 cm³/mol. The molecule has 0 saturated heterocycles. The van der Waals surface area contributed by atoms with E-state index in [1.54, 1.807) is 13.8 Å². The van der Waals surface area contributed by atoms with Crippen LogP contribution < -0.4 is 0 Å². The Labute approximate surface area is 111 Å². The second kappa shape index (κ2) is 6.06. The summed E-state index contributed by atoms with van der Waals surface area (Å²) in [5.74, 6) is 0. The van der Waals surface area contributed by atoms with E-state index in [0.29, 0.717) is 9.33 Å². The van der Waals surface area contributed by atoms with Crippen molar-refractivity contribution >= 4 is 27.7 Å². The Kier molecular flexibility index (Phi) is 4.98. The highest BCUT2D eigenvalue weighted by Gasteiger charge is 2.28. The van der Waals surface area contributed by atoms with Crippen LogP contribution in [0.5, 0.6) is 0 Å². The number of nitrogens with zero attached hydrogens (tertiary/aromatic N) is 1. The molecule has 0 aliphatic rings. The number of amides is 1. The second-order valence-electron chi connectivity index (χ2n) is 3.32. The van der Waals surface area contributed by atoms with Crippen molar-refractivity contribution in [3.63, 3.8) is 0 Å². The second-order valence-corrected chi connectivity index (χ2v) is 5.62. The molecule has 7 heteroatoms. The summed E-state index contributed by atoms with van der Waals surface area (Å²) in [6.07, 6.45) is -0.880. The third-order valence-electron chi connectivity index (χ3n) is 2.16. The number of ether oxygens (including phenoxy) is 1. The van der Waals surface area contributed by atoms with Gasteiger partial charge in [0.1, 0.15) is 0 Å². The number of hydrogen-bond donors (Lipinski definition) is 0. The van der Waals surface area contributed by atoms with Crippen LogP contribution in [0.25, 0.3) is 0 Å². The summed E-state index contributed by atoms with van der Waals surface area (Å²) in [5.41, 5.74) is 0. The number of rotatable bonds is 4. The zero-order valence-electron chi connectivity index (χ0n) is 10.1. The first kappa shape index (κ1) is 14.8. The molecule has 0 saturated carbocycles. The van der Waals surface area contributed by atoms with Crippen molar-refractivity contribution < 1.29 is 17.9 Å². The van der Waals surface area contributed by atoms with Crippen LogP contribution in [0, 0.1) is 0 Å². The fraction of sp³-hybridized carbons (Fsp3) is 0.364. The minimum Gasteiger partial charge on any atom is -0.449 e. The van der Waals surface area contributed by atoms with Crippen molar-refractivity contribution in [1.29, 1.82) is 0 Å². The van der Waals surface area contributed by atoms with Crippen LogP contribution in [0.15, 0.2) is 29.2 Å². The molecular weight excluding hydrogens is 278 g/mol. The third-order valence-corrected chi connectivity index (χ3v) is 4.27. The largest absolute Gasteiger partial charge is 0.449 e. The van der Waals surface area contributed by atoms with Crippen LogP contribution in [0.2, 0.25) is 5.02 Å². The molecule has 1 aromatic rings. The van der Waals surface area contributed by atoms with Gasteiger partial charge in [0, 0.05) is 11.6 Å². The molecule has 0 fully saturated rings. The molecule has 1 rings (SSSR count). The quantitative estimate of drug-likeness (QED) is 0.855. The maximum atomic E-state index is 12.2. The molecule has 0 unspecified atom stereocenters. The lowest BCUT2D eigenvalue weighted by molar-refractivity contribution is 0.132. The van der Waals surface area contributed by atoms with E-state index >= 15 is 0 Å². The van der Waals surface area contributed by atoms with Crippen LogP contribution in [0.1, 0.15) is 13.8 Å². The maximum Gasteiger partial charge on any atom is 0.423 e. The minimum atomic E-state index is -3.89. The molecule has 1 aromatic carbocycles. The molecule has 0 aliphatic carbocycles. The number of hydrogen-bond acceptors (Lipinski definition) is 4. The molecule has 0 N–H and O–H groups in total. The highest BCUT2D eigenvalue weighted by atomic mass is 35.5. The lowest BCUT2D eigenvalue weighted by atomic mass is 10.4. The Balaban J connectivity index is 3.10. The standard InChI is InChI=1S/C11H14ClNO4S/c1-3-13(11(14)17-4-2)18(15,16)10-7-5-9(12)6-8-10/h5-8H,3-4H2,1-2H3. The molecule has 0 heterocycles. The summed E-state index contributed by atoms with van der Waals surface area (Å²) in [4.78, 5) is 11.6. The molecule has 5 nitrogen and oxygen atoms in total.